The van der Waals surface area contributed by atoms with Gasteiger partial charge < -0.3 is 33.7 Å². The van der Waals surface area contributed by atoms with Gasteiger partial charge in [0.1, 0.15) is 24.9 Å². The van der Waals surface area contributed by atoms with Crippen molar-refractivity contribution in [1.82, 2.24) is 4.90 Å². The summed E-state index contributed by atoms with van der Waals surface area (Å²) < 4.78 is 30.5. The average molecular weight is 612 g/mol. The number of carbonyl (C=O) groups excluding carboxylic acids is 1. The van der Waals surface area contributed by atoms with Crippen molar-refractivity contribution in [3.05, 3.63) is 144 Å². The second-order valence-electron chi connectivity index (χ2n) is 11.0. The smallest absolute Gasteiger partial charge is 0.410 e. The van der Waals surface area contributed by atoms with E-state index in [-0.39, 0.29) is 26.4 Å². The molecule has 1 N–H and O–H groups in total. The topological polar surface area (TPSA) is 86.7 Å². The third kappa shape index (κ3) is 9.72. The largest absolute Gasteiger partial charge is 0.445 e. The van der Waals surface area contributed by atoms with E-state index in [1.165, 1.54) is 0 Å². The van der Waals surface area contributed by atoms with Gasteiger partial charge in [0.25, 0.3) is 0 Å². The molecule has 5 atom stereocenters. The number of amides is 1. The molecule has 1 heterocycles. The number of nitrogens with zero attached hydrogens (tertiary/aromatic N) is 1. The normalized spacial score (nSPS) is 21.2. The molecule has 0 spiro atoms. The van der Waals surface area contributed by atoms with E-state index < -0.39 is 36.8 Å². The van der Waals surface area contributed by atoms with E-state index >= 15 is 0 Å². The first-order valence-electron chi connectivity index (χ1n) is 15.3. The highest BCUT2D eigenvalue weighted by Gasteiger charge is 2.45. The SMILES string of the molecule is C[C@@H]1O[C@@H](OCCN(Cc2ccccc2)C(=O)OCc2ccccc2)[C@H](OCc2ccccc2)[C@H](O)[C@H]1OCc1ccccc1. The first-order chi connectivity index (χ1) is 22.1. The Hall–Kier alpha value is -4.05. The van der Waals surface area contributed by atoms with E-state index in [4.69, 9.17) is 23.7 Å². The van der Waals surface area contributed by atoms with E-state index in [0.717, 1.165) is 22.3 Å². The van der Waals surface area contributed by atoms with Crippen molar-refractivity contribution in [3.8, 4) is 0 Å². The molecule has 8 heteroatoms. The molecular weight excluding hydrogens is 570 g/mol. The fourth-order valence-corrected chi connectivity index (χ4v) is 5.20. The summed E-state index contributed by atoms with van der Waals surface area (Å²) in [4.78, 5) is 14.8. The van der Waals surface area contributed by atoms with Gasteiger partial charge in [0.05, 0.1) is 25.9 Å². The lowest BCUT2D eigenvalue weighted by atomic mass is 9.99. The molecule has 1 aliphatic heterocycles. The fraction of sp³-hybridized carbons (Fsp3) is 0.324. The standard InChI is InChI=1S/C37H41NO7/c1-28-34(42-25-30-16-8-3-9-17-30)33(39)35(43-26-31-18-10-4-11-19-31)36(45-28)41-23-22-38(24-29-14-6-2-7-15-29)37(40)44-27-32-20-12-5-13-21-32/h2-21,28,33-36,39H,22-27H2,1H3/t28-,33+,34-,35+,36+/m0/s1. The van der Waals surface area contributed by atoms with Crippen LogP contribution in [0.2, 0.25) is 0 Å². The molecule has 4 aromatic carbocycles. The molecule has 0 aliphatic carbocycles. The van der Waals surface area contributed by atoms with Crippen LogP contribution in [-0.4, -0.2) is 60.0 Å². The molecule has 1 aliphatic rings. The highest BCUT2D eigenvalue weighted by Crippen LogP contribution is 2.28. The first-order valence-corrected chi connectivity index (χ1v) is 15.3. The van der Waals surface area contributed by atoms with Crippen molar-refractivity contribution in [2.75, 3.05) is 13.2 Å². The Morgan fingerprint density at radius 1 is 0.667 bits per heavy atom. The fourth-order valence-electron chi connectivity index (χ4n) is 5.20. The molecule has 0 aromatic heterocycles. The van der Waals surface area contributed by atoms with E-state index in [2.05, 4.69) is 0 Å². The van der Waals surface area contributed by atoms with Gasteiger partial charge in [-0.25, -0.2) is 4.79 Å². The number of hydrogen-bond acceptors (Lipinski definition) is 7. The Morgan fingerprint density at radius 2 is 1.13 bits per heavy atom. The molecule has 8 nitrogen and oxygen atoms in total. The molecule has 0 unspecified atom stereocenters. The number of hydrogen-bond donors (Lipinski definition) is 1. The highest BCUT2D eigenvalue weighted by molar-refractivity contribution is 5.67. The molecule has 236 valence electrons. The lowest BCUT2D eigenvalue weighted by molar-refractivity contribution is -0.312. The van der Waals surface area contributed by atoms with Crippen LogP contribution in [0.3, 0.4) is 0 Å². The van der Waals surface area contributed by atoms with Gasteiger partial charge in [0.15, 0.2) is 6.29 Å². The summed E-state index contributed by atoms with van der Waals surface area (Å²) in [6, 6.07) is 38.8. The summed E-state index contributed by atoms with van der Waals surface area (Å²) >= 11 is 0. The van der Waals surface area contributed by atoms with Crippen LogP contribution in [0.5, 0.6) is 0 Å². The molecule has 45 heavy (non-hydrogen) atoms. The number of carbonyl (C=O) groups is 1. The number of ether oxygens (including phenoxy) is 5. The predicted octanol–water partition coefficient (Wildman–Crippen LogP) is 6.12. The van der Waals surface area contributed by atoms with Crippen LogP contribution in [0.25, 0.3) is 0 Å². The molecule has 5 rings (SSSR count). The Kier molecular flexibility index (Phi) is 12.1. The van der Waals surface area contributed by atoms with Crippen molar-refractivity contribution >= 4 is 6.09 Å². The average Bonchev–Trinajstić information content (AvgIpc) is 3.08. The predicted molar refractivity (Wildman–Crippen MR) is 170 cm³/mol. The van der Waals surface area contributed by atoms with E-state index in [1.807, 2.05) is 128 Å². The van der Waals surface area contributed by atoms with Gasteiger partial charge in [-0.05, 0) is 29.2 Å². The number of aliphatic hydroxyl groups excluding tert-OH is 1. The van der Waals surface area contributed by atoms with Gasteiger partial charge in [-0.1, -0.05) is 121 Å². The Balaban J connectivity index is 1.24. The summed E-state index contributed by atoms with van der Waals surface area (Å²) in [7, 11) is 0. The summed E-state index contributed by atoms with van der Waals surface area (Å²) in [5.41, 5.74) is 3.83. The maximum absolute atomic E-state index is 13.2. The van der Waals surface area contributed by atoms with E-state index in [9.17, 15) is 9.90 Å². The summed E-state index contributed by atoms with van der Waals surface area (Å²) in [6.45, 7) is 3.34. The van der Waals surface area contributed by atoms with Crippen LogP contribution in [-0.2, 0) is 50.0 Å². The molecular formula is C37H41NO7. The van der Waals surface area contributed by atoms with Crippen molar-refractivity contribution in [2.24, 2.45) is 0 Å². The molecule has 0 saturated carbocycles. The monoisotopic (exact) mass is 611 g/mol. The van der Waals surface area contributed by atoms with Crippen molar-refractivity contribution in [2.45, 2.75) is 64.0 Å². The van der Waals surface area contributed by atoms with Gasteiger partial charge in [0.2, 0.25) is 0 Å². The number of rotatable bonds is 14. The second-order valence-corrected chi connectivity index (χ2v) is 11.0. The Bertz CT molecular complexity index is 1410. The minimum Gasteiger partial charge on any atom is -0.445 e. The van der Waals surface area contributed by atoms with Crippen molar-refractivity contribution in [1.29, 1.82) is 0 Å². The number of aliphatic hydroxyl groups is 1. The number of benzene rings is 4. The Labute approximate surface area is 265 Å². The summed E-state index contributed by atoms with van der Waals surface area (Å²) in [5.74, 6) is 0. The first kappa shape index (κ1) is 32.3. The molecule has 1 amide bonds. The van der Waals surface area contributed by atoms with Crippen molar-refractivity contribution in [3.63, 3.8) is 0 Å². The van der Waals surface area contributed by atoms with Crippen LogP contribution in [0.4, 0.5) is 4.79 Å². The lowest BCUT2D eigenvalue weighted by Crippen LogP contribution is -2.59. The minimum atomic E-state index is -1.01. The maximum Gasteiger partial charge on any atom is 0.410 e. The minimum absolute atomic E-state index is 0.137. The quantitative estimate of drug-likeness (QED) is 0.184. The molecule has 4 aromatic rings. The van der Waals surface area contributed by atoms with Crippen LogP contribution in [0, 0.1) is 0 Å². The van der Waals surface area contributed by atoms with Crippen LogP contribution >= 0.6 is 0 Å². The van der Waals surface area contributed by atoms with Crippen LogP contribution < -0.4 is 0 Å². The molecule has 1 saturated heterocycles. The van der Waals surface area contributed by atoms with Gasteiger partial charge in [0, 0.05) is 13.1 Å². The van der Waals surface area contributed by atoms with Gasteiger partial charge in [-0.15, -0.1) is 0 Å². The molecule has 0 radical (unpaired) electrons. The lowest BCUT2D eigenvalue weighted by Gasteiger charge is -2.43. The zero-order chi connectivity index (χ0) is 31.3. The molecule has 0 bridgehead atoms. The maximum atomic E-state index is 13.2. The van der Waals surface area contributed by atoms with Crippen LogP contribution in [0.1, 0.15) is 29.2 Å². The Morgan fingerprint density at radius 3 is 1.67 bits per heavy atom. The summed E-state index contributed by atoms with van der Waals surface area (Å²) in [5, 5.41) is 11.5. The highest BCUT2D eigenvalue weighted by atomic mass is 16.7. The van der Waals surface area contributed by atoms with Crippen LogP contribution in [0.15, 0.2) is 121 Å². The van der Waals surface area contributed by atoms with Crippen molar-refractivity contribution < 1.29 is 33.6 Å². The zero-order valence-electron chi connectivity index (χ0n) is 25.5. The van der Waals surface area contributed by atoms with E-state index in [0.29, 0.717) is 13.2 Å². The van der Waals surface area contributed by atoms with E-state index in [1.54, 1.807) is 4.90 Å². The second kappa shape index (κ2) is 16.9. The third-order valence-electron chi connectivity index (χ3n) is 7.65. The summed E-state index contributed by atoms with van der Waals surface area (Å²) in [6.07, 6.45) is -4.27. The van der Waals surface area contributed by atoms with Gasteiger partial charge in [-0.2, -0.15) is 0 Å². The van der Waals surface area contributed by atoms with Gasteiger partial charge >= 0.3 is 6.09 Å². The third-order valence-corrected chi connectivity index (χ3v) is 7.65. The van der Waals surface area contributed by atoms with Gasteiger partial charge in [-0.3, -0.25) is 0 Å². The zero-order valence-corrected chi connectivity index (χ0v) is 25.5. The molecule has 1 fully saturated rings.